The van der Waals surface area contributed by atoms with Gasteiger partial charge in [-0.1, -0.05) is 41.4 Å². The van der Waals surface area contributed by atoms with Gasteiger partial charge in [-0.3, -0.25) is 4.79 Å². The Labute approximate surface area is 131 Å². The summed E-state index contributed by atoms with van der Waals surface area (Å²) < 4.78 is -2.27. The highest BCUT2D eigenvalue weighted by molar-refractivity contribution is 6.63. The summed E-state index contributed by atoms with van der Waals surface area (Å²) in [6.07, 6.45) is 0. The monoisotopic (exact) mass is 329 g/mol. The van der Waals surface area contributed by atoms with Crippen molar-refractivity contribution in [3.05, 3.63) is 30.3 Å². The zero-order valence-corrected chi connectivity index (χ0v) is 12.9. The van der Waals surface area contributed by atoms with E-state index in [1.807, 2.05) is 0 Å². The molecule has 1 heterocycles. The summed E-state index contributed by atoms with van der Waals surface area (Å²) >= 11 is 11.8. The molecule has 0 bridgehead atoms. The summed E-state index contributed by atoms with van der Waals surface area (Å²) in [5, 5.41) is 2.48. The molecule has 8 heteroatoms. The highest BCUT2D eigenvalue weighted by atomic mass is 35.5. The number of nitrogens with zero attached hydrogens (tertiary/aromatic N) is 2. The fraction of sp³-hybridized carbons (Fsp3) is 0.308. The van der Waals surface area contributed by atoms with E-state index in [9.17, 15) is 14.4 Å². The Morgan fingerprint density at radius 2 is 1.76 bits per heavy atom. The molecule has 1 fully saturated rings. The van der Waals surface area contributed by atoms with Gasteiger partial charge in [0.05, 0.1) is 5.69 Å². The van der Waals surface area contributed by atoms with Gasteiger partial charge in [0.15, 0.2) is 0 Å². The highest BCUT2D eigenvalue weighted by Crippen LogP contribution is 2.38. The van der Waals surface area contributed by atoms with Crippen molar-refractivity contribution in [1.29, 1.82) is 0 Å². The van der Waals surface area contributed by atoms with Crippen LogP contribution in [0, 0.1) is 0 Å². The Hall–Kier alpha value is -1.79. The van der Waals surface area contributed by atoms with Crippen LogP contribution in [0.4, 0.5) is 15.3 Å². The molecule has 1 saturated heterocycles. The summed E-state index contributed by atoms with van der Waals surface area (Å²) in [5.41, 5.74) is 0.290. The average Bonchev–Trinajstić information content (AvgIpc) is 2.56. The van der Waals surface area contributed by atoms with Crippen LogP contribution in [0.5, 0.6) is 0 Å². The van der Waals surface area contributed by atoms with Gasteiger partial charge >= 0.3 is 12.1 Å². The average molecular weight is 330 g/mol. The number of benzene rings is 1. The summed E-state index contributed by atoms with van der Waals surface area (Å²) in [7, 11) is 0. The van der Waals surface area contributed by atoms with Crippen molar-refractivity contribution in [3.8, 4) is 0 Å². The second kappa shape index (κ2) is 5.54. The Balaban J connectivity index is 2.39. The topological polar surface area (TPSA) is 69.7 Å². The van der Waals surface area contributed by atoms with Crippen molar-refractivity contribution in [3.63, 3.8) is 0 Å². The van der Waals surface area contributed by atoms with Gasteiger partial charge in [0.1, 0.15) is 0 Å². The van der Waals surface area contributed by atoms with E-state index in [1.54, 1.807) is 44.2 Å². The first-order chi connectivity index (χ1) is 9.76. The van der Waals surface area contributed by atoms with Crippen LogP contribution >= 0.6 is 23.2 Å². The molecule has 1 aliphatic rings. The molecule has 2 rings (SSSR count). The normalized spacial score (nSPS) is 17.6. The van der Waals surface area contributed by atoms with E-state index >= 15 is 0 Å². The number of nitrogens with one attached hydrogen (secondary N) is 1. The van der Waals surface area contributed by atoms with Gasteiger partial charge in [-0.15, -0.1) is 0 Å². The third kappa shape index (κ3) is 2.69. The lowest BCUT2D eigenvalue weighted by atomic mass is 10.3. The second-order valence-electron chi connectivity index (χ2n) is 4.74. The lowest BCUT2D eigenvalue weighted by molar-refractivity contribution is -0.118. The summed E-state index contributed by atoms with van der Waals surface area (Å²) in [5.74, 6) is -0.888. The number of hydrogen-bond acceptors (Lipinski definition) is 3. The molecule has 0 aliphatic carbocycles. The zero-order valence-electron chi connectivity index (χ0n) is 11.3. The standard InChI is InChI=1S/C13H13Cl2N3O3/c1-8(2)16-11(20)18-12(21)17(10(19)13(18,14)15)9-6-4-3-5-7-9/h3-8H,1-2H3,(H,16,20). The van der Waals surface area contributed by atoms with Crippen molar-refractivity contribution < 1.29 is 14.4 Å². The van der Waals surface area contributed by atoms with Crippen LogP contribution in [0.2, 0.25) is 0 Å². The van der Waals surface area contributed by atoms with E-state index in [1.165, 1.54) is 0 Å². The van der Waals surface area contributed by atoms with Crippen molar-refractivity contribution in [2.75, 3.05) is 4.90 Å². The van der Waals surface area contributed by atoms with E-state index in [0.717, 1.165) is 4.90 Å². The lowest BCUT2D eigenvalue weighted by Crippen LogP contribution is -2.50. The minimum atomic E-state index is -2.27. The van der Waals surface area contributed by atoms with Gasteiger partial charge in [-0.25, -0.2) is 19.4 Å². The fourth-order valence-corrected chi connectivity index (χ4v) is 2.33. The highest BCUT2D eigenvalue weighted by Gasteiger charge is 2.59. The van der Waals surface area contributed by atoms with Gasteiger partial charge in [0.2, 0.25) is 0 Å². The Morgan fingerprint density at radius 3 is 2.29 bits per heavy atom. The van der Waals surface area contributed by atoms with Crippen molar-refractivity contribution >= 4 is 46.9 Å². The number of halogens is 2. The Kier molecular flexibility index (Phi) is 4.11. The minimum Gasteiger partial charge on any atom is -0.335 e. The number of rotatable bonds is 2. The summed E-state index contributed by atoms with van der Waals surface area (Å²) in [4.78, 5) is 37.9. The van der Waals surface area contributed by atoms with Crippen molar-refractivity contribution in [1.82, 2.24) is 10.2 Å². The third-order valence-corrected chi connectivity index (χ3v) is 3.41. The lowest BCUT2D eigenvalue weighted by Gasteiger charge is -2.22. The van der Waals surface area contributed by atoms with Gasteiger partial charge < -0.3 is 5.32 Å². The molecule has 6 nitrogen and oxygen atoms in total. The second-order valence-corrected chi connectivity index (χ2v) is 6.03. The number of hydrogen-bond donors (Lipinski definition) is 1. The first kappa shape index (κ1) is 15.6. The summed E-state index contributed by atoms with van der Waals surface area (Å²) in [6, 6.07) is 6.16. The number of para-hydroxylation sites is 1. The smallest absolute Gasteiger partial charge is 0.335 e. The van der Waals surface area contributed by atoms with Crippen LogP contribution in [0.3, 0.4) is 0 Å². The molecule has 0 saturated carbocycles. The van der Waals surface area contributed by atoms with Gasteiger partial charge in [-0.2, -0.15) is 0 Å². The number of urea groups is 2. The number of anilines is 1. The molecule has 21 heavy (non-hydrogen) atoms. The van der Waals surface area contributed by atoms with Gasteiger partial charge in [0, 0.05) is 6.04 Å². The predicted molar refractivity (Wildman–Crippen MR) is 79.3 cm³/mol. The molecule has 0 unspecified atom stereocenters. The minimum absolute atomic E-state index is 0.240. The van der Waals surface area contributed by atoms with Crippen LogP contribution in [0.25, 0.3) is 0 Å². The SMILES string of the molecule is CC(C)NC(=O)N1C(=O)N(c2ccccc2)C(=O)C1(Cl)Cl. The van der Waals surface area contributed by atoms with E-state index in [2.05, 4.69) is 5.32 Å². The molecular formula is C13H13Cl2N3O3. The number of alkyl halides is 2. The predicted octanol–water partition coefficient (Wildman–Crippen LogP) is 2.70. The fourth-order valence-electron chi connectivity index (χ4n) is 1.87. The van der Waals surface area contributed by atoms with Crippen LogP contribution in [0.1, 0.15) is 13.8 Å². The number of imide groups is 2. The Morgan fingerprint density at radius 1 is 1.19 bits per heavy atom. The number of carbonyl (C=O) groups excluding carboxylic acids is 3. The molecule has 1 aromatic carbocycles. The molecule has 0 aromatic heterocycles. The first-order valence-corrected chi connectivity index (χ1v) is 6.94. The van der Waals surface area contributed by atoms with Gasteiger partial charge in [-0.05, 0) is 26.0 Å². The van der Waals surface area contributed by atoms with Crippen LogP contribution in [-0.4, -0.2) is 33.4 Å². The molecule has 5 amide bonds. The van der Waals surface area contributed by atoms with Crippen molar-refractivity contribution in [2.24, 2.45) is 0 Å². The molecule has 0 atom stereocenters. The molecule has 1 aliphatic heterocycles. The van der Waals surface area contributed by atoms with E-state index in [4.69, 9.17) is 23.2 Å². The van der Waals surface area contributed by atoms with Crippen LogP contribution in [-0.2, 0) is 4.79 Å². The van der Waals surface area contributed by atoms with E-state index in [0.29, 0.717) is 4.90 Å². The van der Waals surface area contributed by atoms with Crippen LogP contribution in [0.15, 0.2) is 30.3 Å². The first-order valence-electron chi connectivity index (χ1n) is 6.19. The quantitative estimate of drug-likeness (QED) is 0.515. The molecule has 1 aromatic rings. The number of carbonyl (C=O) groups is 3. The van der Waals surface area contributed by atoms with E-state index < -0.39 is 22.4 Å². The number of amides is 5. The van der Waals surface area contributed by atoms with Crippen molar-refractivity contribution in [2.45, 2.75) is 24.3 Å². The summed E-state index contributed by atoms with van der Waals surface area (Å²) in [6.45, 7) is 3.42. The van der Waals surface area contributed by atoms with Gasteiger partial charge in [0.25, 0.3) is 10.4 Å². The molecular weight excluding hydrogens is 317 g/mol. The molecule has 0 spiro atoms. The Bertz CT molecular complexity index is 590. The maximum atomic E-state index is 12.4. The molecule has 0 radical (unpaired) electrons. The maximum Gasteiger partial charge on any atom is 0.342 e. The van der Waals surface area contributed by atoms with Crippen LogP contribution < -0.4 is 10.2 Å². The zero-order chi connectivity index (χ0) is 15.8. The third-order valence-electron chi connectivity index (χ3n) is 2.75. The molecule has 1 N–H and O–H groups in total. The van der Waals surface area contributed by atoms with E-state index in [-0.39, 0.29) is 11.7 Å². The maximum absolute atomic E-state index is 12.4. The largest absolute Gasteiger partial charge is 0.342 e. The molecule has 112 valence electrons.